The van der Waals surface area contributed by atoms with Crippen molar-refractivity contribution in [2.75, 3.05) is 5.32 Å². The number of aromatic hydroxyl groups is 1. The molecular formula is C19H15IN4O4. The monoisotopic (exact) mass is 490 g/mol. The van der Waals surface area contributed by atoms with Crippen molar-refractivity contribution < 1.29 is 19.5 Å². The van der Waals surface area contributed by atoms with Crippen molar-refractivity contribution in [2.45, 2.75) is 6.54 Å². The third kappa shape index (κ3) is 4.19. The lowest BCUT2D eigenvalue weighted by molar-refractivity contribution is -0.115. The van der Waals surface area contributed by atoms with Crippen molar-refractivity contribution in [1.82, 2.24) is 15.6 Å². The maximum absolute atomic E-state index is 12.2. The van der Waals surface area contributed by atoms with Crippen molar-refractivity contribution in [3.8, 4) is 5.75 Å². The molecule has 0 fully saturated rings. The molecule has 9 heteroatoms. The number of benzene rings is 1. The number of hydrogen-bond acceptors (Lipinski definition) is 6. The van der Waals surface area contributed by atoms with Gasteiger partial charge in [-0.3, -0.25) is 24.7 Å². The average Bonchev–Trinajstić information content (AvgIpc) is 2.66. The zero-order valence-electron chi connectivity index (χ0n) is 14.5. The van der Waals surface area contributed by atoms with Crippen LogP contribution in [0.25, 0.3) is 5.57 Å². The van der Waals surface area contributed by atoms with Gasteiger partial charge in [0.1, 0.15) is 11.4 Å². The van der Waals surface area contributed by atoms with E-state index in [2.05, 4.69) is 50.1 Å². The molecule has 1 aromatic heterocycles. The summed E-state index contributed by atoms with van der Waals surface area (Å²) >= 11 is 2.11. The number of aromatic nitrogens is 1. The Balaban J connectivity index is 1.77. The minimum Gasteiger partial charge on any atom is -0.506 e. The number of amides is 3. The van der Waals surface area contributed by atoms with Gasteiger partial charge in [0.05, 0.1) is 24.0 Å². The van der Waals surface area contributed by atoms with Crippen LogP contribution in [0.15, 0.2) is 49.3 Å². The zero-order chi connectivity index (χ0) is 20.3. The molecule has 0 bridgehead atoms. The Bertz CT molecular complexity index is 1030. The molecule has 0 saturated heterocycles. The van der Waals surface area contributed by atoms with Crippen molar-refractivity contribution >= 4 is 51.6 Å². The first-order chi connectivity index (χ1) is 13.4. The molecular weight excluding hydrogens is 475 g/mol. The lowest BCUT2D eigenvalue weighted by Gasteiger charge is -2.18. The van der Waals surface area contributed by atoms with E-state index in [-0.39, 0.29) is 18.0 Å². The van der Waals surface area contributed by atoms with Crippen LogP contribution in [0.4, 0.5) is 5.69 Å². The molecule has 0 spiro atoms. The first-order valence-corrected chi connectivity index (χ1v) is 9.17. The normalized spacial score (nSPS) is 14.2. The minimum absolute atomic E-state index is 0.143. The first kappa shape index (κ1) is 19.5. The van der Waals surface area contributed by atoms with E-state index in [1.807, 2.05) is 0 Å². The number of carbonyl (C=O) groups excluding carboxylic acids is 3. The van der Waals surface area contributed by atoms with Gasteiger partial charge in [-0.25, -0.2) is 0 Å². The van der Waals surface area contributed by atoms with Gasteiger partial charge < -0.3 is 15.7 Å². The number of fused-ring (bicyclic) bond motifs is 1. The number of hydrogen-bond donors (Lipinski definition) is 4. The number of anilines is 1. The van der Waals surface area contributed by atoms with Crippen LogP contribution in [0.1, 0.15) is 21.6 Å². The average molecular weight is 490 g/mol. The van der Waals surface area contributed by atoms with Crippen LogP contribution in [0.5, 0.6) is 5.75 Å². The second kappa shape index (κ2) is 8.21. The Hall–Kier alpha value is -3.21. The van der Waals surface area contributed by atoms with Gasteiger partial charge in [-0.1, -0.05) is 6.58 Å². The predicted octanol–water partition coefficient (Wildman–Crippen LogP) is 1.92. The van der Waals surface area contributed by atoms with Crippen LogP contribution in [0.2, 0.25) is 0 Å². The standard InChI is InChI=1S/C19H15IN4O4/c1-2-17(26)23-15-9-22-11(6-16(15)25)7-21-8-14-13-5-10(20)3-4-12(13)18(27)24-19(14)28/h2-6,8-9,21H,1,7H2,(H,22,25)(H,23,26)(H,24,27,28)/b14-8-. The molecule has 1 aliphatic rings. The highest BCUT2D eigenvalue weighted by Gasteiger charge is 2.27. The van der Waals surface area contributed by atoms with Gasteiger partial charge in [0.25, 0.3) is 11.8 Å². The second-order valence-corrected chi connectivity index (χ2v) is 7.04. The van der Waals surface area contributed by atoms with Gasteiger partial charge in [0.2, 0.25) is 5.91 Å². The fourth-order valence-electron chi connectivity index (χ4n) is 2.56. The number of nitrogens with zero attached hydrogens (tertiary/aromatic N) is 1. The van der Waals surface area contributed by atoms with Gasteiger partial charge in [0.15, 0.2) is 0 Å². The fraction of sp³-hybridized carbons (Fsp3) is 0.0526. The quantitative estimate of drug-likeness (QED) is 0.289. The Labute approximate surface area is 173 Å². The van der Waals surface area contributed by atoms with Gasteiger partial charge in [-0.2, -0.15) is 0 Å². The zero-order valence-corrected chi connectivity index (χ0v) is 16.6. The van der Waals surface area contributed by atoms with Crippen LogP contribution in [-0.4, -0.2) is 27.8 Å². The van der Waals surface area contributed by atoms with E-state index in [9.17, 15) is 19.5 Å². The number of nitrogens with one attached hydrogen (secondary N) is 3. The largest absolute Gasteiger partial charge is 0.506 e. The Morgan fingerprint density at radius 3 is 2.75 bits per heavy atom. The van der Waals surface area contributed by atoms with Gasteiger partial charge in [-0.15, -0.1) is 0 Å². The van der Waals surface area contributed by atoms with Gasteiger partial charge in [0, 0.05) is 27.0 Å². The van der Waals surface area contributed by atoms with Crippen molar-refractivity contribution in [3.63, 3.8) is 0 Å². The van der Waals surface area contributed by atoms with Crippen LogP contribution in [0.3, 0.4) is 0 Å². The predicted molar refractivity (Wildman–Crippen MR) is 111 cm³/mol. The molecule has 4 N–H and O–H groups in total. The minimum atomic E-state index is -0.495. The topological polar surface area (TPSA) is 120 Å². The third-order valence-corrected chi connectivity index (χ3v) is 4.57. The lowest BCUT2D eigenvalue weighted by atomic mass is 9.96. The van der Waals surface area contributed by atoms with E-state index >= 15 is 0 Å². The summed E-state index contributed by atoms with van der Waals surface area (Å²) in [5.41, 5.74) is 1.95. The van der Waals surface area contributed by atoms with Gasteiger partial charge in [-0.05, 0) is 46.9 Å². The molecule has 0 radical (unpaired) electrons. The molecule has 0 aliphatic carbocycles. The number of imide groups is 1. The molecule has 0 atom stereocenters. The highest BCUT2D eigenvalue weighted by atomic mass is 127. The Morgan fingerprint density at radius 2 is 2.04 bits per heavy atom. The van der Waals surface area contributed by atoms with Gasteiger partial charge >= 0.3 is 0 Å². The SMILES string of the molecule is C=CC(=O)Nc1cnc(CN/C=C2\C(=O)NC(=O)c3ccc(I)cc32)cc1O. The summed E-state index contributed by atoms with van der Waals surface area (Å²) in [6.07, 6.45) is 3.91. The van der Waals surface area contributed by atoms with E-state index in [0.29, 0.717) is 22.4 Å². The number of rotatable bonds is 5. The fourth-order valence-corrected chi connectivity index (χ4v) is 3.05. The number of halogens is 1. The Kier molecular flexibility index (Phi) is 5.73. The van der Waals surface area contributed by atoms with E-state index in [4.69, 9.17) is 0 Å². The van der Waals surface area contributed by atoms with E-state index in [1.54, 1.807) is 18.2 Å². The highest BCUT2D eigenvalue weighted by Crippen LogP contribution is 2.26. The van der Waals surface area contributed by atoms with Crippen LogP contribution in [0, 0.1) is 3.57 Å². The third-order valence-electron chi connectivity index (χ3n) is 3.90. The highest BCUT2D eigenvalue weighted by molar-refractivity contribution is 14.1. The van der Waals surface area contributed by atoms with E-state index < -0.39 is 17.7 Å². The smallest absolute Gasteiger partial charge is 0.260 e. The summed E-state index contributed by atoms with van der Waals surface area (Å²) < 4.78 is 0.897. The molecule has 142 valence electrons. The summed E-state index contributed by atoms with van der Waals surface area (Å²) in [4.78, 5) is 39.6. The molecule has 3 rings (SSSR count). The van der Waals surface area contributed by atoms with Crippen molar-refractivity contribution in [1.29, 1.82) is 0 Å². The van der Waals surface area contributed by atoms with Crippen molar-refractivity contribution in [3.05, 3.63) is 69.7 Å². The number of carbonyl (C=O) groups is 3. The maximum atomic E-state index is 12.2. The number of pyridine rings is 1. The molecule has 1 aliphatic heterocycles. The maximum Gasteiger partial charge on any atom is 0.260 e. The molecule has 0 unspecified atom stereocenters. The van der Waals surface area contributed by atoms with Crippen LogP contribution >= 0.6 is 22.6 Å². The molecule has 8 nitrogen and oxygen atoms in total. The van der Waals surface area contributed by atoms with Crippen LogP contribution in [-0.2, 0) is 16.1 Å². The van der Waals surface area contributed by atoms with Crippen LogP contribution < -0.4 is 16.0 Å². The summed E-state index contributed by atoms with van der Waals surface area (Å²) in [5, 5.41) is 17.7. The van der Waals surface area contributed by atoms with E-state index in [1.165, 1.54) is 18.5 Å². The molecule has 28 heavy (non-hydrogen) atoms. The Morgan fingerprint density at radius 1 is 1.25 bits per heavy atom. The van der Waals surface area contributed by atoms with Crippen molar-refractivity contribution in [2.24, 2.45) is 0 Å². The lowest BCUT2D eigenvalue weighted by Crippen LogP contribution is -2.37. The van der Waals surface area contributed by atoms with E-state index in [0.717, 1.165) is 9.65 Å². The summed E-state index contributed by atoms with van der Waals surface area (Å²) in [5.74, 6) is -1.53. The molecule has 2 aromatic rings. The summed E-state index contributed by atoms with van der Waals surface area (Å²) in [6, 6.07) is 6.62. The first-order valence-electron chi connectivity index (χ1n) is 8.09. The molecule has 3 amide bonds. The second-order valence-electron chi connectivity index (χ2n) is 5.80. The molecule has 0 saturated carbocycles. The summed E-state index contributed by atoms with van der Waals surface area (Å²) in [7, 11) is 0. The molecule has 2 heterocycles. The summed E-state index contributed by atoms with van der Waals surface area (Å²) in [6.45, 7) is 3.55. The molecule has 1 aromatic carbocycles.